The zero-order valence-electron chi connectivity index (χ0n) is 11.0. The second-order valence-corrected chi connectivity index (χ2v) is 4.93. The van der Waals surface area contributed by atoms with E-state index in [2.05, 4.69) is 40.2 Å². The first kappa shape index (κ1) is 12.1. The monoisotopic (exact) mass is 255 g/mol. The molecule has 3 rings (SSSR count). The van der Waals surface area contributed by atoms with Gasteiger partial charge in [0.25, 0.3) is 0 Å². The average Bonchev–Trinajstić information content (AvgIpc) is 2.46. The van der Waals surface area contributed by atoms with Gasteiger partial charge in [-0.1, -0.05) is 17.7 Å². The fraction of sp³-hybridized carbons (Fsp3) is 0.333. The molecule has 0 atom stereocenters. The number of benzene rings is 1. The Morgan fingerprint density at radius 3 is 2.84 bits per heavy atom. The summed E-state index contributed by atoms with van der Waals surface area (Å²) in [6.07, 6.45) is 2.25. The van der Waals surface area contributed by atoms with Crippen LogP contribution in [0.25, 0.3) is 0 Å². The van der Waals surface area contributed by atoms with Crippen LogP contribution in [0.5, 0.6) is 0 Å². The van der Waals surface area contributed by atoms with E-state index in [9.17, 15) is 0 Å². The number of aliphatic hydroxyl groups is 1. The first-order chi connectivity index (χ1) is 9.28. The van der Waals surface area contributed by atoms with E-state index < -0.39 is 0 Å². The largest absolute Gasteiger partial charge is 0.390 e. The van der Waals surface area contributed by atoms with E-state index in [1.54, 1.807) is 0 Å². The summed E-state index contributed by atoms with van der Waals surface area (Å²) >= 11 is 0. The molecule has 0 aliphatic carbocycles. The van der Waals surface area contributed by atoms with E-state index in [0.29, 0.717) is 5.69 Å². The van der Waals surface area contributed by atoms with E-state index in [-0.39, 0.29) is 6.61 Å². The number of anilines is 2. The third-order valence-electron chi connectivity index (χ3n) is 3.50. The molecule has 1 aliphatic rings. The Bertz CT molecular complexity index is 580. The molecule has 2 aromatic rings. The van der Waals surface area contributed by atoms with Crippen LogP contribution in [0.15, 0.2) is 30.3 Å². The highest BCUT2D eigenvalue weighted by Crippen LogP contribution is 2.32. The number of rotatable bonds is 2. The van der Waals surface area contributed by atoms with E-state index in [0.717, 1.165) is 25.2 Å². The van der Waals surface area contributed by atoms with Gasteiger partial charge in [0, 0.05) is 12.2 Å². The highest BCUT2D eigenvalue weighted by atomic mass is 16.3. The Kier molecular flexibility index (Phi) is 3.17. The maximum Gasteiger partial charge on any atom is 0.155 e. The summed E-state index contributed by atoms with van der Waals surface area (Å²) in [7, 11) is 0. The van der Waals surface area contributed by atoms with Crippen molar-refractivity contribution in [2.75, 3.05) is 11.4 Å². The topological polar surface area (TPSA) is 49.2 Å². The van der Waals surface area contributed by atoms with E-state index in [1.807, 2.05) is 12.1 Å². The lowest BCUT2D eigenvalue weighted by Crippen LogP contribution is -2.25. The van der Waals surface area contributed by atoms with Gasteiger partial charge in [0.1, 0.15) is 0 Å². The molecule has 0 spiro atoms. The fourth-order valence-electron chi connectivity index (χ4n) is 2.55. The lowest BCUT2D eigenvalue weighted by atomic mass is 9.99. The van der Waals surface area contributed by atoms with Gasteiger partial charge < -0.3 is 10.0 Å². The van der Waals surface area contributed by atoms with Crippen LogP contribution in [0.2, 0.25) is 0 Å². The molecular weight excluding hydrogens is 238 g/mol. The van der Waals surface area contributed by atoms with Crippen molar-refractivity contribution >= 4 is 11.5 Å². The van der Waals surface area contributed by atoms with Crippen LogP contribution >= 0.6 is 0 Å². The molecule has 0 unspecified atom stereocenters. The molecule has 2 heterocycles. The van der Waals surface area contributed by atoms with Gasteiger partial charge >= 0.3 is 0 Å². The predicted molar refractivity (Wildman–Crippen MR) is 74.5 cm³/mol. The van der Waals surface area contributed by atoms with Crippen molar-refractivity contribution in [3.8, 4) is 0 Å². The van der Waals surface area contributed by atoms with Gasteiger partial charge in [0.2, 0.25) is 0 Å². The summed E-state index contributed by atoms with van der Waals surface area (Å²) in [5, 5.41) is 17.2. The standard InChI is InChI=1S/C15H17N3O/c1-11-4-6-14-12(9-11)3-2-8-18(14)15-7-5-13(10-19)16-17-15/h4-7,9,19H,2-3,8,10H2,1H3. The zero-order chi connectivity index (χ0) is 13.2. The Balaban J connectivity index is 1.98. The minimum Gasteiger partial charge on any atom is -0.390 e. The Morgan fingerprint density at radius 1 is 1.21 bits per heavy atom. The lowest BCUT2D eigenvalue weighted by molar-refractivity contribution is 0.275. The molecule has 0 amide bonds. The molecule has 4 nitrogen and oxygen atoms in total. The van der Waals surface area contributed by atoms with Crippen LogP contribution in [0, 0.1) is 6.92 Å². The minimum absolute atomic E-state index is 0.0664. The van der Waals surface area contributed by atoms with Crippen molar-refractivity contribution in [1.82, 2.24) is 10.2 Å². The van der Waals surface area contributed by atoms with E-state index in [1.165, 1.54) is 16.8 Å². The zero-order valence-corrected chi connectivity index (χ0v) is 11.0. The molecule has 1 aromatic carbocycles. The number of hydrogen-bond donors (Lipinski definition) is 1. The van der Waals surface area contributed by atoms with E-state index >= 15 is 0 Å². The maximum atomic E-state index is 9.01. The van der Waals surface area contributed by atoms with Gasteiger partial charge in [-0.2, -0.15) is 5.10 Å². The number of fused-ring (bicyclic) bond motifs is 1. The summed E-state index contributed by atoms with van der Waals surface area (Å²) in [6, 6.07) is 10.3. The molecule has 19 heavy (non-hydrogen) atoms. The molecule has 1 N–H and O–H groups in total. The number of hydrogen-bond acceptors (Lipinski definition) is 4. The van der Waals surface area contributed by atoms with Crippen molar-refractivity contribution in [1.29, 1.82) is 0 Å². The fourth-order valence-corrected chi connectivity index (χ4v) is 2.55. The molecule has 1 aliphatic heterocycles. The van der Waals surface area contributed by atoms with Crippen LogP contribution in [0.1, 0.15) is 23.2 Å². The molecular formula is C15H17N3O. The van der Waals surface area contributed by atoms with Crippen LogP contribution in [-0.4, -0.2) is 21.8 Å². The summed E-state index contributed by atoms with van der Waals surface area (Å²) in [4.78, 5) is 2.20. The summed E-state index contributed by atoms with van der Waals surface area (Å²) in [6.45, 7) is 3.02. The first-order valence-corrected chi connectivity index (χ1v) is 6.58. The van der Waals surface area contributed by atoms with Crippen LogP contribution in [-0.2, 0) is 13.0 Å². The molecule has 4 heteroatoms. The summed E-state index contributed by atoms with van der Waals surface area (Å²) < 4.78 is 0. The third kappa shape index (κ3) is 2.31. The third-order valence-corrected chi connectivity index (χ3v) is 3.50. The van der Waals surface area contributed by atoms with Crippen LogP contribution in [0.4, 0.5) is 11.5 Å². The number of aryl methyl sites for hydroxylation is 2. The van der Waals surface area contributed by atoms with Gasteiger partial charge in [-0.25, -0.2) is 0 Å². The molecule has 0 radical (unpaired) electrons. The molecule has 0 fully saturated rings. The second-order valence-electron chi connectivity index (χ2n) is 4.93. The first-order valence-electron chi connectivity index (χ1n) is 6.58. The Hall–Kier alpha value is -1.94. The quantitative estimate of drug-likeness (QED) is 0.895. The highest BCUT2D eigenvalue weighted by molar-refractivity contribution is 5.65. The molecule has 0 saturated heterocycles. The van der Waals surface area contributed by atoms with Crippen molar-refractivity contribution in [3.63, 3.8) is 0 Å². The van der Waals surface area contributed by atoms with E-state index in [4.69, 9.17) is 5.11 Å². The predicted octanol–water partition coefficient (Wildman–Crippen LogP) is 2.36. The van der Waals surface area contributed by atoms with Crippen LogP contribution < -0.4 is 4.90 Å². The average molecular weight is 255 g/mol. The molecule has 98 valence electrons. The molecule has 0 saturated carbocycles. The second kappa shape index (κ2) is 4.97. The summed E-state index contributed by atoms with van der Waals surface area (Å²) in [5.74, 6) is 0.849. The molecule has 1 aromatic heterocycles. The van der Waals surface area contributed by atoms with Crippen molar-refractivity contribution in [2.45, 2.75) is 26.4 Å². The Morgan fingerprint density at radius 2 is 2.11 bits per heavy atom. The highest BCUT2D eigenvalue weighted by Gasteiger charge is 2.19. The van der Waals surface area contributed by atoms with Crippen molar-refractivity contribution in [2.24, 2.45) is 0 Å². The van der Waals surface area contributed by atoms with Gasteiger partial charge in [0.15, 0.2) is 5.82 Å². The van der Waals surface area contributed by atoms with Crippen molar-refractivity contribution < 1.29 is 5.11 Å². The van der Waals surface area contributed by atoms with Gasteiger partial charge in [-0.15, -0.1) is 5.10 Å². The smallest absolute Gasteiger partial charge is 0.155 e. The van der Waals surface area contributed by atoms with Gasteiger partial charge in [-0.3, -0.25) is 0 Å². The number of aromatic nitrogens is 2. The normalized spacial score (nSPS) is 14.3. The number of nitrogens with zero attached hydrogens (tertiary/aromatic N) is 3. The van der Waals surface area contributed by atoms with Crippen LogP contribution in [0.3, 0.4) is 0 Å². The minimum atomic E-state index is -0.0664. The Labute approximate surface area is 112 Å². The molecule has 0 bridgehead atoms. The number of aliphatic hydroxyl groups excluding tert-OH is 1. The van der Waals surface area contributed by atoms with Gasteiger partial charge in [-0.05, 0) is 43.5 Å². The van der Waals surface area contributed by atoms with Crippen molar-refractivity contribution in [3.05, 3.63) is 47.2 Å². The maximum absolute atomic E-state index is 9.01. The summed E-state index contributed by atoms with van der Waals surface area (Å²) in [5.41, 5.74) is 4.49. The lowest BCUT2D eigenvalue weighted by Gasteiger charge is -2.30. The SMILES string of the molecule is Cc1ccc2c(c1)CCCN2c1ccc(CO)nn1. The van der Waals surface area contributed by atoms with Gasteiger partial charge in [0.05, 0.1) is 12.3 Å².